The van der Waals surface area contributed by atoms with Crippen LogP contribution in [0.2, 0.25) is 0 Å². The summed E-state index contributed by atoms with van der Waals surface area (Å²) in [6.45, 7) is 0. The van der Waals surface area contributed by atoms with Crippen LogP contribution in [0.5, 0.6) is 0 Å². The highest BCUT2D eigenvalue weighted by molar-refractivity contribution is 6.10. The summed E-state index contributed by atoms with van der Waals surface area (Å²) in [6.07, 6.45) is 0. The molecule has 3 heterocycles. The topological polar surface area (TPSA) is 48.5 Å². The predicted octanol–water partition coefficient (Wildman–Crippen LogP) is 11.1. The summed E-state index contributed by atoms with van der Waals surface area (Å²) in [5.41, 5.74) is 9.70. The van der Waals surface area contributed by atoms with Crippen LogP contribution in [0.4, 0.5) is 0 Å². The molecule has 0 aliphatic rings. The number of hydrogen-bond donors (Lipinski definition) is 0. The molecule has 0 aliphatic heterocycles. The summed E-state index contributed by atoms with van der Waals surface area (Å²) in [5.74, 6) is 1.74. The lowest BCUT2D eigenvalue weighted by Gasteiger charge is -2.14. The summed E-state index contributed by atoms with van der Waals surface area (Å²) >= 11 is 0. The van der Waals surface area contributed by atoms with E-state index in [0.717, 1.165) is 60.3 Å². The van der Waals surface area contributed by atoms with Crippen molar-refractivity contribution in [3.63, 3.8) is 0 Å². The van der Waals surface area contributed by atoms with Gasteiger partial charge >= 0.3 is 0 Å². The van der Waals surface area contributed by atoms with Crippen LogP contribution in [0, 0.1) is 0 Å². The summed E-state index contributed by atoms with van der Waals surface area (Å²) < 4.78 is 4.34. The van der Waals surface area contributed by atoms with Gasteiger partial charge in [0, 0.05) is 27.1 Å². The van der Waals surface area contributed by atoms with E-state index in [1.54, 1.807) is 0 Å². The second-order valence-corrected chi connectivity index (χ2v) is 12.5. The van der Waals surface area contributed by atoms with E-state index in [9.17, 15) is 0 Å². The van der Waals surface area contributed by atoms with Gasteiger partial charge in [-0.1, -0.05) is 146 Å². The largest absolute Gasteiger partial charge is 0.278 e. The van der Waals surface area contributed by atoms with E-state index in [1.807, 2.05) is 0 Å². The zero-order valence-electron chi connectivity index (χ0n) is 27.0. The van der Waals surface area contributed by atoms with Gasteiger partial charge in [-0.05, 0) is 52.6 Å². The van der Waals surface area contributed by atoms with Crippen molar-refractivity contribution < 1.29 is 0 Å². The van der Waals surface area contributed by atoms with E-state index in [4.69, 9.17) is 15.0 Å². The minimum absolute atomic E-state index is 0.569. The van der Waals surface area contributed by atoms with Gasteiger partial charge in [-0.15, -0.1) is 0 Å². The minimum atomic E-state index is 0.569. The van der Waals surface area contributed by atoms with Gasteiger partial charge in [-0.2, -0.15) is 15.0 Å². The van der Waals surface area contributed by atoms with E-state index in [2.05, 4.69) is 185 Å². The first-order valence-corrected chi connectivity index (χ1v) is 16.8. The van der Waals surface area contributed by atoms with E-state index in [-0.39, 0.29) is 0 Å². The van der Waals surface area contributed by atoms with Crippen molar-refractivity contribution in [3.8, 4) is 45.5 Å². The summed E-state index contributed by atoms with van der Waals surface area (Å²) in [4.78, 5) is 15.8. The molecule has 0 unspecified atom stereocenters. The Bertz CT molecular complexity index is 2640. The molecule has 7 aromatic carbocycles. The van der Waals surface area contributed by atoms with E-state index >= 15 is 0 Å². The molecule has 0 fully saturated rings. The zero-order valence-corrected chi connectivity index (χ0v) is 27.0. The molecule has 5 nitrogen and oxygen atoms in total. The van der Waals surface area contributed by atoms with E-state index in [0.29, 0.717) is 17.7 Å². The lowest BCUT2D eigenvalue weighted by molar-refractivity contribution is 0.893. The Balaban J connectivity index is 1.25. The van der Waals surface area contributed by atoms with E-state index < -0.39 is 0 Å². The smallest absolute Gasteiger partial charge is 0.240 e. The van der Waals surface area contributed by atoms with Crippen LogP contribution in [0.1, 0.15) is 0 Å². The van der Waals surface area contributed by atoms with Crippen LogP contribution >= 0.6 is 0 Å². The molecular weight excluding hydrogens is 611 g/mol. The SMILES string of the molecule is c1ccc(-c2ccccc2-c2cccc(-c3nc(-n4c5ccccc5c5ccccc54)nc(-n4c5ccccc5c5ccccc54)n3)c2)cc1. The van der Waals surface area contributed by atoms with Crippen molar-refractivity contribution in [2.24, 2.45) is 0 Å². The Morgan fingerprint density at radius 3 is 1.18 bits per heavy atom. The van der Waals surface area contributed by atoms with Crippen LogP contribution < -0.4 is 0 Å². The number of benzene rings is 7. The molecule has 3 aromatic heterocycles. The van der Waals surface area contributed by atoms with Gasteiger partial charge in [0.15, 0.2) is 5.82 Å². The highest BCUT2D eigenvalue weighted by Crippen LogP contribution is 2.36. The third-order valence-corrected chi connectivity index (χ3v) is 9.62. The number of fused-ring (bicyclic) bond motifs is 6. The first kappa shape index (κ1) is 28.2. The third kappa shape index (κ3) is 4.45. The molecule has 0 saturated heterocycles. The number of nitrogens with zero attached hydrogens (tertiary/aromatic N) is 5. The highest BCUT2D eigenvalue weighted by atomic mass is 15.3. The molecule has 50 heavy (non-hydrogen) atoms. The molecule has 0 aliphatic carbocycles. The summed E-state index contributed by atoms with van der Waals surface area (Å²) in [5, 5.41) is 4.62. The molecule has 0 bridgehead atoms. The first-order valence-electron chi connectivity index (χ1n) is 16.8. The molecule has 5 heteroatoms. The average molecular weight is 640 g/mol. The Labute approximate surface area is 288 Å². The van der Waals surface area contributed by atoms with Gasteiger partial charge in [0.1, 0.15) is 0 Å². The second-order valence-electron chi connectivity index (χ2n) is 12.5. The third-order valence-electron chi connectivity index (χ3n) is 9.62. The quantitative estimate of drug-likeness (QED) is 0.188. The molecular formula is C45H29N5. The molecule has 0 radical (unpaired) electrons. The van der Waals surface area contributed by atoms with Gasteiger partial charge < -0.3 is 0 Å². The maximum absolute atomic E-state index is 5.28. The van der Waals surface area contributed by atoms with Crippen molar-refractivity contribution in [2.75, 3.05) is 0 Å². The molecule has 0 saturated carbocycles. The predicted molar refractivity (Wildman–Crippen MR) is 205 cm³/mol. The van der Waals surface area contributed by atoms with Crippen molar-refractivity contribution in [2.45, 2.75) is 0 Å². The lowest BCUT2D eigenvalue weighted by atomic mass is 9.94. The molecule has 10 aromatic rings. The average Bonchev–Trinajstić information content (AvgIpc) is 3.71. The number of para-hydroxylation sites is 4. The van der Waals surface area contributed by atoms with Crippen LogP contribution in [0.15, 0.2) is 176 Å². The van der Waals surface area contributed by atoms with Gasteiger partial charge in [0.2, 0.25) is 11.9 Å². The summed E-state index contributed by atoms with van der Waals surface area (Å²) in [6, 6.07) is 61.5. The lowest BCUT2D eigenvalue weighted by Crippen LogP contribution is -2.10. The maximum Gasteiger partial charge on any atom is 0.240 e. The van der Waals surface area contributed by atoms with Gasteiger partial charge in [-0.3, -0.25) is 9.13 Å². The molecule has 0 N–H and O–H groups in total. The Morgan fingerprint density at radius 2 is 0.680 bits per heavy atom. The molecule has 0 atom stereocenters. The first-order chi connectivity index (χ1) is 24.8. The highest BCUT2D eigenvalue weighted by Gasteiger charge is 2.20. The molecule has 0 amide bonds. The maximum atomic E-state index is 5.28. The van der Waals surface area contributed by atoms with Crippen molar-refractivity contribution in [1.82, 2.24) is 24.1 Å². The molecule has 0 spiro atoms. The van der Waals surface area contributed by atoms with Gasteiger partial charge in [-0.25, -0.2) is 0 Å². The fourth-order valence-corrected chi connectivity index (χ4v) is 7.39. The van der Waals surface area contributed by atoms with Crippen LogP contribution in [0.25, 0.3) is 89.2 Å². The standard InChI is InChI=1S/C45H29N5/c1-2-15-30(16-3-1)33-19-4-5-20-34(33)31-17-14-18-32(29-31)43-46-44(49-39-25-10-6-21-35(39)36-22-7-11-26-40(36)49)48-45(47-43)50-41-27-12-8-23-37(41)38-24-9-13-28-42(38)50/h1-29H. The van der Waals surface area contributed by atoms with Crippen LogP contribution in [-0.2, 0) is 0 Å². The normalized spacial score (nSPS) is 11.6. The molecule has 10 rings (SSSR count). The monoisotopic (exact) mass is 639 g/mol. The number of aromatic nitrogens is 5. The fourth-order valence-electron chi connectivity index (χ4n) is 7.39. The van der Waals surface area contributed by atoms with Gasteiger partial charge in [0.25, 0.3) is 0 Å². The van der Waals surface area contributed by atoms with Crippen molar-refractivity contribution in [3.05, 3.63) is 176 Å². The van der Waals surface area contributed by atoms with Gasteiger partial charge in [0.05, 0.1) is 22.1 Å². The Morgan fingerprint density at radius 1 is 0.300 bits per heavy atom. The minimum Gasteiger partial charge on any atom is -0.278 e. The van der Waals surface area contributed by atoms with Crippen molar-refractivity contribution in [1.29, 1.82) is 0 Å². The van der Waals surface area contributed by atoms with Crippen LogP contribution in [0.3, 0.4) is 0 Å². The number of hydrogen-bond acceptors (Lipinski definition) is 3. The Kier molecular flexibility index (Phi) is 6.42. The summed E-state index contributed by atoms with van der Waals surface area (Å²) in [7, 11) is 0. The second kappa shape index (κ2) is 11.4. The van der Waals surface area contributed by atoms with Crippen LogP contribution in [-0.4, -0.2) is 24.1 Å². The van der Waals surface area contributed by atoms with E-state index in [1.165, 1.54) is 11.1 Å². The van der Waals surface area contributed by atoms with Crippen molar-refractivity contribution >= 4 is 43.6 Å². The Hall–Kier alpha value is -6.85. The zero-order chi connectivity index (χ0) is 33.0. The number of rotatable bonds is 5. The molecule has 234 valence electrons. The fraction of sp³-hybridized carbons (Fsp3) is 0.